The maximum Gasteiger partial charge on any atom is 0.145 e. The molecule has 0 radical (unpaired) electrons. The highest BCUT2D eigenvalue weighted by atomic mass is 16.3. The van der Waals surface area contributed by atoms with Crippen molar-refractivity contribution >= 4 is 6.29 Å². The van der Waals surface area contributed by atoms with Crippen molar-refractivity contribution in [2.45, 2.75) is 26.4 Å². The van der Waals surface area contributed by atoms with E-state index in [-0.39, 0.29) is 5.92 Å². The highest BCUT2D eigenvalue weighted by Crippen LogP contribution is 2.15. The standard InChI is InChI=1S/C8H14O2/c1-4-8(7(3)10)6(2)5-9/h5,7-8,10H,2,4H2,1,3H3. The number of hydrogen-bond donors (Lipinski definition) is 1. The van der Waals surface area contributed by atoms with Gasteiger partial charge in [0, 0.05) is 5.92 Å². The molecule has 0 aromatic rings. The zero-order chi connectivity index (χ0) is 8.15. The molecule has 0 aliphatic carbocycles. The zero-order valence-corrected chi connectivity index (χ0v) is 6.50. The maximum absolute atomic E-state index is 10.2. The molecular weight excluding hydrogens is 128 g/mol. The summed E-state index contributed by atoms with van der Waals surface area (Å²) in [6.07, 6.45) is 0.999. The molecule has 0 aliphatic heterocycles. The lowest BCUT2D eigenvalue weighted by atomic mass is 9.94. The summed E-state index contributed by atoms with van der Waals surface area (Å²) in [6.45, 7) is 7.13. The fourth-order valence-corrected chi connectivity index (χ4v) is 1.00. The summed E-state index contributed by atoms with van der Waals surface area (Å²) >= 11 is 0. The fourth-order valence-electron chi connectivity index (χ4n) is 1.00. The summed E-state index contributed by atoms with van der Waals surface area (Å²) in [4.78, 5) is 10.2. The van der Waals surface area contributed by atoms with Gasteiger partial charge in [0.2, 0.25) is 0 Å². The third-order valence-electron chi connectivity index (χ3n) is 1.65. The Bertz CT molecular complexity index is 127. The molecule has 0 rings (SSSR count). The number of hydrogen-bond acceptors (Lipinski definition) is 2. The molecule has 10 heavy (non-hydrogen) atoms. The third kappa shape index (κ3) is 2.31. The third-order valence-corrected chi connectivity index (χ3v) is 1.65. The lowest BCUT2D eigenvalue weighted by Gasteiger charge is -2.16. The molecule has 0 aromatic heterocycles. The van der Waals surface area contributed by atoms with Crippen LogP contribution in [0.4, 0.5) is 0 Å². The van der Waals surface area contributed by atoms with Crippen molar-refractivity contribution < 1.29 is 9.90 Å². The summed E-state index contributed by atoms with van der Waals surface area (Å²) in [7, 11) is 0. The van der Waals surface area contributed by atoms with E-state index in [2.05, 4.69) is 6.58 Å². The van der Waals surface area contributed by atoms with Gasteiger partial charge in [0.1, 0.15) is 6.29 Å². The van der Waals surface area contributed by atoms with Crippen molar-refractivity contribution in [2.75, 3.05) is 0 Å². The number of aliphatic hydroxyl groups is 1. The lowest BCUT2D eigenvalue weighted by Crippen LogP contribution is -2.18. The number of aldehydes is 1. The van der Waals surface area contributed by atoms with Gasteiger partial charge in [0.25, 0.3) is 0 Å². The van der Waals surface area contributed by atoms with Crippen molar-refractivity contribution in [3.05, 3.63) is 12.2 Å². The zero-order valence-electron chi connectivity index (χ0n) is 6.50. The van der Waals surface area contributed by atoms with E-state index in [0.29, 0.717) is 11.9 Å². The molecule has 2 heteroatoms. The predicted octanol–water partition coefficient (Wildman–Crippen LogP) is 1.15. The number of carbonyl (C=O) groups is 1. The lowest BCUT2D eigenvalue weighted by molar-refractivity contribution is -0.105. The summed E-state index contributed by atoms with van der Waals surface area (Å²) in [6, 6.07) is 0. The molecule has 0 amide bonds. The van der Waals surface area contributed by atoms with Crippen LogP contribution in [0.5, 0.6) is 0 Å². The first-order chi connectivity index (χ1) is 4.63. The second-order valence-corrected chi connectivity index (χ2v) is 2.45. The molecule has 2 atom stereocenters. The van der Waals surface area contributed by atoms with Gasteiger partial charge in [0.15, 0.2) is 0 Å². The van der Waals surface area contributed by atoms with Crippen LogP contribution in [0, 0.1) is 5.92 Å². The van der Waals surface area contributed by atoms with E-state index < -0.39 is 6.10 Å². The van der Waals surface area contributed by atoms with Gasteiger partial charge in [-0.15, -0.1) is 0 Å². The SMILES string of the molecule is C=C(C=O)C(CC)C(C)O. The molecule has 0 spiro atoms. The molecule has 2 unspecified atom stereocenters. The highest BCUT2D eigenvalue weighted by molar-refractivity contribution is 5.72. The average molecular weight is 142 g/mol. The number of rotatable bonds is 4. The summed E-state index contributed by atoms with van der Waals surface area (Å²) < 4.78 is 0. The first kappa shape index (κ1) is 9.37. The summed E-state index contributed by atoms with van der Waals surface area (Å²) in [5, 5.41) is 9.09. The Morgan fingerprint density at radius 2 is 2.30 bits per heavy atom. The molecule has 0 heterocycles. The quantitative estimate of drug-likeness (QED) is 0.472. The Labute approximate surface area is 61.6 Å². The number of carbonyl (C=O) groups excluding carboxylic acids is 1. The maximum atomic E-state index is 10.2. The molecule has 58 valence electrons. The Hall–Kier alpha value is -0.630. The van der Waals surface area contributed by atoms with Crippen LogP contribution in [0.3, 0.4) is 0 Å². The van der Waals surface area contributed by atoms with E-state index in [4.69, 9.17) is 5.11 Å². The minimum absolute atomic E-state index is 0.0718. The summed E-state index contributed by atoms with van der Waals surface area (Å²) in [5.74, 6) is -0.0718. The van der Waals surface area contributed by atoms with Crippen LogP contribution in [0.15, 0.2) is 12.2 Å². The molecule has 0 aliphatic rings. The second kappa shape index (κ2) is 4.23. The van der Waals surface area contributed by atoms with Gasteiger partial charge < -0.3 is 5.11 Å². The second-order valence-electron chi connectivity index (χ2n) is 2.45. The van der Waals surface area contributed by atoms with Crippen LogP contribution < -0.4 is 0 Å². The van der Waals surface area contributed by atoms with Crippen LogP contribution in [0.2, 0.25) is 0 Å². The van der Waals surface area contributed by atoms with Crippen LogP contribution in [-0.2, 0) is 4.79 Å². The molecule has 0 fully saturated rings. The van der Waals surface area contributed by atoms with E-state index >= 15 is 0 Å². The van der Waals surface area contributed by atoms with Crippen molar-refractivity contribution in [1.29, 1.82) is 0 Å². The normalized spacial score (nSPS) is 15.9. The van der Waals surface area contributed by atoms with Gasteiger partial charge in [-0.05, 0) is 18.9 Å². The Morgan fingerprint density at radius 1 is 1.80 bits per heavy atom. The minimum Gasteiger partial charge on any atom is -0.393 e. The van der Waals surface area contributed by atoms with Gasteiger partial charge in [-0.3, -0.25) is 4.79 Å². The molecule has 0 bridgehead atoms. The molecule has 0 saturated carbocycles. The Balaban J connectivity index is 4.06. The van der Waals surface area contributed by atoms with Crippen LogP contribution in [-0.4, -0.2) is 17.5 Å². The Kier molecular flexibility index (Phi) is 3.96. The minimum atomic E-state index is -0.470. The largest absolute Gasteiger partial charge is 0.393 e. The van der Waals surface area contributed by atoms with Crippen molar-refractivity contribution in [2.24, 2.45) is 5.92 Å². The van der Waals surface area contributed by atoms with E-state index in [0.717, 1.165) is 6.42 Å². The van der Waals surface area contributed by atoms with Gasteiger partial charge in [0.05, 0.1) is 6.10 Å². The monoisotopic (exact) mass is 142 g/mol. The highest BCUT2D eigenvalue weighted by Gasteiger charge is 2.14. The molecule has 0 aromatic carbocycles. The molecule has 0 saturated heterocycles. The molecule has 2 nitrogen and oxygen atoms in total. The van der Waals surface area contributed by atoms with Crippen molar-refractivity contribution in [1.82, 2.24) is 0 Å². The van der Waals surface area contributed by atoms with Crippen LogP contribution in [0.25, 0.3) is 0 Å². The summed E-state index contributed by atoms with van der Waals surface area (Å²) in [5.41, 5.74) is 0.484. The van der Waals surface area contributed by atoms with Crippen LogP contribution >= 0.6 is 0 Å². The van der Waals surface area contributed by atoms with E-state index in [9.17, 15) is 4.79 Å². The fraction of sp³-hybridized carbons (Fsp3) is 0.625. The predicted molar refractivity (Wildman–Crippen MR) is 40.7 cm³/mol. The topological polar surface area (TPSA) is 37.3 Å². The Morgan fingerprint density at radius 3 is 2.40 bits per heavy atom. The van der Waals surface area contributed by atoms with Crippen LogP contribution in [0.1, 0.15) is 20.3 Å². The average Bonchev–Trinajstić information content (AvgIpc) is 1.88. The van der Waals surface area contributed by atoms with E-state index in [1.807, 2.05) is 6.92 Å². The molecular formula is C8H14O2. The molecule has 1 N–H and O–H groups in total. The van der Waals surface area contributed by atoms with Gasteiger partial charge in [-0.2, -0.15) is 0 Å². The first-order valence-corrected chi connectivity index (χ1v) is 3.45. The van der Waals surface area contributed by atoms with Crippen molar-refractivity contribution in [3.63, 3.8) is 0 Å². The van der Waals surface area contributed by atoms with Gasteiger partial charge >= 0.3 is 0 Å². The van der Waals surface area contributed by atoms with Gasteiger partial charge in [-0.1, -0.05) is 13.5 Å². The van der Waals surface area contributed by atoms with E-state index in [1.165, 1.54) is 0 Å². The van der Waals surface area contributed by atoms with E-state index in [1.54, 1.807) is 6.92 Å². The van der Waals surface area contributed by atoms with Gasteiger partial charge in [-0.25, -0.2) is 0 Å². The van der Waals surface area contributed by atoms with Crippen molar-refractivity contribution in [3.8, 4) is 0 Å². The smallest absolute Gasteiger partial charge is 0.145 e. The number of aliphatic hydroxyl groups excluding tert-OH is 1. The first-order valence-electron chi connectivity index (χ1n) is 3.45.